The van der Waals surface area contributed by atoms with Crippen LogP contribution in [-0.4, -0.2) is 16.2 Å². The van der Waals surface area contributed by atoms with Crippen molar-refractivity contribution >= 4 is 11.5 Å². The third-order valence-corrected chi connectivity index (χ3v) is 4.92. The maximum Gasteiger partial charge on any atom is 0.122 e. The largest absolute Gasteiger partial charge is 0.493 e. The first-order valence-electron chi connectivity index (χ1n) is 7.32. The number of para-hydroxylation sites is 1. The molecular formula is C15H20N4OS. The molecule has 0 saturated heterocycles. The first-order chi connectivity index (χ1) is 10.3. The van der Waals surface area contributed by atoms with Crippen molar-refractivity contribution in [2.75, 3.05) is 6.61 Å². The minimum Gasteiger partial charge on any atom is -0.493 e. The van der Waals surface area contributed by atoms with E-state index in [0.29, 0.717) is 5.92 Å². The van der Waals surface area contributed by atoms with E-state index in [1.165, 1.54) is 17.1 Å². The van der Waals surface area contributed by atoms with Crippen LogP contribution in [0.25, 0.3) is 0 Å². The lowest BCUT2D eigenvalue weighted by molar-refractivity contribution is 0.255. The molecule has 0 saturated carbocycles. The molecule has 0 bridgehead atoms. The number of nitrogens with one attached hydrogen (secondary N) is 1. The fourth-order valence-corrected chi connectivity index (χ4v) is 3.73. The van der Waals surface area contributed by atoms with Gasteiger partial charge in [0.1, 0.15) is 5.75 Å². The quantitative estimate of drug-likeness (QED) is 0.656. The predicted octanol–water partition coefficient (Wildman–Crippen LogP) is 2.56. The molecule has 2 heterocycles. The highest BCUT2D eigenvalue weighted by atomic mass is 32.1. The third-order valence-electron chi connectivity index (χ3n) is 4.04. The Labute approximate surface area is 128 Å². The summed E-state index contributed by atoms with van der Waals surface area (Å²) in [5.74, 6) is 7.24. The average molecular weight is 304 g/mol. The Kier molecular flexibility index (Phi) is 4.48. The molecule has 3 N–H and O–H groups in total. The van der Waals surface area contributed by atoms with Crippen LogP contribution in [0.15, 0.2) is 24.3 Å². The number of hydrazine groups is 1. The molecule has 1 aromatic carbocycles. The smallest absolute Gasteiger partial charge is 0.122 e. The van der Waals surface area contributed by atoms with E-state index in [4.69, 9.17) is 10.6 Å². The molecule has 112 valence electrons. The van der Waals surface area contributed by atoms with Gasteiger partial charge in [-0.15, -0.1) is 5.10 Å². The summed E-state index contributed by atoms with van der Waals surface area (Å²) in [7, 11) is 0. The van der Waals surface area contributed by atoms with Crippen LogP contribution in [0, 0.1) is 0 Å². The summed E-state index contributed by atoms with van der Waals surface area (Å²) in [4.78, 5) is 1.16. The maximum atomic E-state index is 5.79. The number of nitrogens with two attached hydrogens (primary N) is 1. The van der Waals surface area contributed by atoms with Crippen molar-refractivity contribution in [3.05, 3.63) is 40.4 Å². The second kappa shape index (κ2) is 6.51. The number of benzene rings is 1. The van der Waals surface area contributed by atoms with E-state index >= 15 is 0 Å². The Hall–Kier alpha value is -1.50. The highest BCUT2D eigenvalue weighted by molar-refractivity contribution is 7.05. The molecule has 0 aliphatic carbocycles. The Morgan fingerprint density at radius 3 is 3.14 bits per heavy atom. The number of hydrogen-bond acceptors (Lipinski definition) is 6. The number of nitrogens with zero attached hydrogens (tertiary/aromatic N) is 2. The Morgan fingerprint density at radius 1 is 1.48 bits per heavy atom. The summed E-state index contributed by atoms with van der Waals surface area (Å²) in [6.45, 7) is 2.86. The molecule has 5 nitrogen and oxygen atoms in total. The van der Waals surface area contributed by atoms with Gasteiger partial charge in [-0.3, -0.25) is 11.3 Å². The average Bonchev–Trinajstić information content (AvgIpc) is 3.01. The molecular weight excluding hydrogens is 284 g/mol. The van der Waals surface area contributed by atoms with Crippen LogP contribution >= 0.6 is 11.5 Å². The Morgan fingerprint density at radius 2 is 2.33 bits per heavy atom. The summed E-state index contributed by atoms with van der Waals surface area (Å²) in [5, 5.41) is 4.19. The Bertz CT molecular complexity index is 601. The van der Waals surface area contributed by atoms with Gasteiger partial charge in [0.15, 0.2) is 0 Å². The van der Waals surface area contributed by atoms with Crippen LogP contribution in [0.2, 0.25) is 0 Å². The van der Waals surface area contributed by atoms with Gasteiger partial charge in [0.25, 0.3) is 0 Å². The van der Waals surface area contributed by atoms with Crippen LogP contribution in [-0.2, 0) is 6.42 Å². The van der Waals surface area contributed by atoms with E-state index in [2.05, 4.69) is 34.1 Å². The second-order valence-corrected chi connectivity index (χ2v) is 6.05. The minimum atomic E-state index is 0.0936. The summed E-state index contributed by atoms with van der Waals surface area (Å²) in [6, 6.07) is 8.37. The van der Waals surface area contributed by atoms with Gasteiger partial charge in [-0.1, -0.05) is 29.6 Å². The van der Waals surface area contributed by atoms with Gasteiger partial charge in [0.05, 0.1) is 23.2 Å². The van der Waals surface area contributed by atoms with Crippen molar-refractivity contribution in [2.24, 2.45) is 5.84 Å². The van der Waals surface area contributed by atoms with E-state index in [-0.39, 0.29) is 6.04 Å². The number of ether oxygens (including phenoxy) is 1. The molecule has 3 rings (SSSR count). The summed E-state index contributed by atoms with van der Waals surface area (Å²) >= 11 is 1.44. The Balaban J connectivity index is 1.82. The lowest BCUT2D eigenvalue weighted by Crippen LogP contribution is -2.30. The lowest BCUT2D eigenvalue weighted by Gasteiger charge is -2.28. The fourth-order valence-electron chi connectivity index (χ4n) is 2.92. The molecule has 1 aromatic heterocycles. The van der Waals surface area contributed by atoms with Crippen LogP contribution in [0.5, 0.6) is 5.75 Å². The fraction of sp³-hybridized carbons (Fsp3) is 0.467. The molecule has 6 heteroatoms. The second-order valence-electron chi connectivity index (χ2n) is 5.26. The molecule has 2 unspecified atom stereocenters. The van der Waals surface area contributed by atoms with E-state index in [0.717, 1.165) is 42.2 Å². The number of aromatic nitrogens is 2. The van der Waals surface area contributed by atoms with Crippen molar-refractivity contribution in [2.45, 2.75) is 38.1 Å². The summed E-state index contributed by atoms with van der Waals surface area (Å²) < 4.78 is 9.80. The van der Waals surface area contributed by atoms with Gasteiger partial charge in [-0.2, -0.15) is 0 Å². The first-order valence-corrected chi connectivity index (χ1v) is 8.09. The highest BCUT2D eigenvalue weighted by Gasteiger charge is 2.26. The monoisotopic (exact) mass is 304 g/mol. The van der Waals surface area contributed by atoms with Crippen LogP contribution in [0.3, 0.4) is 0 Å². The van der Waals surface area contributed by atoms with Crippen molar-refractivity contribution in [3.63, 3.8) is 0 Å². The molecule has 2 aromatic rings. The van der Waals surface area contributed by atoms with Gasteiger partial charge in [0, 0.05) is 0 Å². The molecule has 21 heavy (non-hydrogen) atoms. The first kappa shape index (κ1) is 14.4. The van der Waals surface area contributed by atoms with Crippen molar-refractivity contribution in [1.82, 2.24) is 15.0 Å². The number of fused-ring (bicyclic) bond motifs is 1. The van der Waals surface area contributed by atoms with Gasteiger partial charge in [-0.25, -0.2) is 0 Å². The minimum absolute atomic E-state index is 0.0936. The number of hydrogen-bond donors (Lipinski definition) is 2. The van der Waals surface area contributed by atoms with E-state index in [1.54, 1.807) is 0 Å². The van der Waals surface area contributed by atoms with Gasteiger partial charge < -0.3 is 4.74 Å². The molecule has 0 fully saturated rings. The standard InChI is InChI=1S/C15H20N4OS/c1-2-12-15(21-19-18-12)13(17-16)9-10-7-8-20-14-6-4-3-5-11(10)14/h3-6,10,13,17H,2,7-9,16H2,1H3. The van der Waals surface area contributed by atoms with Crippen molar-refractivity contribution < 1.29 is 4.74 Å². The maximum absolute atomic E-state index is 5.79. The van der Waals surface area contributed by atoms with Gasteiger partial charge in [0.2, 0.25) is 0 Å². The van der Waals surface area contributed by atoms with Crippen LogP contribution in [0.4, 0.5) is 0 Å². The zero-order chi connectivity index (χ0) is 14.7. The van der Waals surface area contributed by atoms with Gasteiger partial charge in [-0.05, 0) is 48.3 Å². The number of rotatable bonds is 5. The topological polar surface area (TPSA) is 73.1 Å². The molecule has 0 amide bonds. The zero-order valence-electron chi connectivity index (χ0n) is 12.1. The zero-order valence-corrected chi connectivity index (χ0v) is 12.9. The number of aryl methyl sites for hydroxylation is 1. The molecule has 1 aliphatic heterocycles. The predicted molar refractivity (Wildman–Crippen MR) is 83.3 cm³/mol. The van der Waals surface area contributed by atoms with Crippen molar-refractivity contribution in [3.8, 4) is 5.75 Å². The van der Waals surface area contributed by atoms with Gasteiger partial charge >= 0.3 is 0 Å². The molecule has 1 aliphatic rings. The lowest BCUT2D eigenvalue weighted by atomic mass is 9.87. The van der Waals surface area contributed by atoms with E-state index in [9.17, 15) is 0 Å². The highest BCUT2D eigenvalue weighted by Crippen LogP contribution is 2.39. The molecule has 2 atom stereocenters. The van der Waals surface area contributed by atoms with E-state index < -0.39 is 0 Å². The summed E-state index contributed by atoms with van der Waals surface area (Å²) in [6.07, 6.45) is 2.84. The van der Waals surface area contributed by atoms with Crippen molar-refractivity contribution in [1.29, 1.82) is 0 Å². The van der Waals surface area contributed by atoms with E-state index in [1.807, 2.05) is 12.1 Å². The molecule has 0 radical (unpaired) electrons. The normalized spacial score (nSPS) is 18.9. The third kappa shape index (κ3) is 2.92. The molecule has 0 spiro atoms. The van der Waals surface area contributed by atoms with Crippen LogP contribution < -0.4 is 16.0 Å². The summed E-state index contributed by atoms with van der Waals surface area (Å²) in [5.41, 5.74) is 5.27. The SMILES string of the molecule is CCc1nnsc1C(CC1CCOc2ccccc21)NN. The van der Waals surface area contributed by atoms with Crippen LogP contribution in [0.1, 0.15) is 47.9 Å².